The van der Waals surface area contributed by atoms with Crippen LogP contribution in [0.2, 0.25) is 0 Å². The molecule has 0 radical (unpaired) electrons. The van der Waals surface area contributed by atoms with Crippen LogP contribution >= 0.6 is 0 Å². The molecule has 1 N–H and O–H groups in total. The first-order valence-electron chi connectivity index (χ1n) is 10.6. The van der Waals surface area contributed by atoms with E-state index in [9.17, 15) is 13.2 Å². The van der Waals surface area contributed by atoms with E-state index in [0.717, 1.165) is 29.7 Å². The third-order valence-corrected chi connectivity index (χ3v) is 8.58. The van der Waals surface area contributed by atoms with Crippen LogP contribution in [-0.2, 0) is 14.6 Å². The van der Waals surface area contributed by atoms with Gasteiger partial charge in [-0.1, -0.05) is 13.8 Å². The lowest BCUT2D eigenvalue weighted by Crippen LogP contribution is -2.62. The largest absolute Gasteiger partial charge is 0.346 e. The first-order chi connectivity index (χ1) is 13.6. The predicted octanol–water partition coefficient (Wildman–Crippen LogP) is 3.64. The van der Waals surface area contributed by atoms with Crippen LogP contribution in [0.4, 0.5) is 0 Å². The molecule has 2 aromatic heterocycles. The van der Waals surface area contributed by atoms with Gasteiger partial charge in [0, 0.05) is 42.5 Å². The van der Waals surface area contributed by atoms with E-state index in [4.69, 9.17) is 0 Å². The van der Waals surface area contributed by atoms with Gasteiger partial charge in [-0.3, -0.25) is 4.79 Å². The number of rotatable bonds is 4. The number of amides is 1. The SMILES string of the molecule is CC(CC(=O)N1C2CC3CC1CC(C)(C3)C2)c1c[nH]c2ncc(S(C)(=O)=O)cc12. The Labute approximate surface area is 172 Å². The monoisotopic (exact) mass is 415 g/mol. The highest BCUT2D eigenvalue weighted by molar-refractivity contribution is 7.90. The van der Waals surface area contributed by atoms with Gasteiger partial charge in [-0.2, -0.15) is 0 Å². The normalized spacial score (nSPS) is 32.1. The first kappa shape index (κ1) is 19.1. The molecule has 29 heavy (non-hydrogen) atoms. The van der Waals surface area contributed by atoms with Gasteiger partial charge in [-0.15, -0.1) is 0 Å². The van der Waals surface area contributed by atoms with Gasteiger partial charge in [0.1, 0.15) is 5.65 Å². The molecular weight excluding hydrogens is 386 g/mol. The standard InChI is InChI=1S/C22H29N3O3S/c1-13(19-12-24-21-18(19)7-17(11-23-21)29(3,27)28)4-20(26)25-15-5-14-6-16(25)10-22(2,8-14)9-15/h7,11-16H,4-6,8-10H2,1-3H3,(H,23,24). The number of nitrogens with zero attached hydrogens (tertiary/aromatic N) is 2. The molecule has 2 aliphatic heterocycles. The van der Waals surface area contributed by atoms with E-state index in [2.05, 4.69) is 21.8 Å². The second-order valence-electron chi connectivity index (χ2n) is 10.1. The Hall–Kier alpha value is -1.89. The van der Waals surface area contributed by atoms with E-state index in [0.29, 0.717) is 29.6 Å². The highest BCUT2D eigenvalue weighted by atomic mass is 32.2. The third-order valence-electron chi connectivity index (χ3n) is 7.50. The van der Waals surface area contributed by atoms with Gasteiger partial charge in [-0.25, -0.2) is 13.4 Å². The van der Waals surface area contributed by atoms with Crippen LogP contribution in [0.5, 0.6) is 0 Å². The Balaban J connectivity index is 1.38. The Morgan fingerprint density at radius 1 is 1.31 bits per heavy atom. The minimum absolute atomic E-state index is 0.000587. The number of H-pyrrole nitrogens is 1. The van der Waals surface area contributed by atoms with Crippen LogP contribution in [0, 0.1) is 11.3 Å². The van der Waals surface area contributed by atoms with Crippen molar-refractivity contribution in [2.24, 2.45) is 11.3 Å². The highest BCUT2D eigenvalue weighted by Crippen LogP contribution is 2.56. The molecule has 0 aromatic carbocycles. The fraction of sp³-hybridized carbons (Fsp3) is 0.636. The average Bonchev–Trinajstić information content (AvgIpc) is 3.02. The smallest absolute Gasteiger partial charge is 0.223 e. The summed E-state index contributed by atoms with van der Waals surface area (Å²) in [4.78, 5) is 23.1. The number of aromatic amines is 1. The van der Waals surface area contributed by atoms with Crippen molar-refractivity contribution < 1.29 is 13.2 Å². The van der Waals surface area contributed by atoms with E-state index >= 15 is 0 Å². The third kappa shape index (κ3) is 3.18. The van der Waals surface area contributed by atoms with Gasteiger partial charge in [0.15, 0.2) is 9.84 Å². The highest BCUT2D eigenvalue weighted by Gasteiger charge is 2.53. The predicted molar refractivity (Wildman–Crippen MR) is 111 cm³/mol. The van der Waals surface area contributed by atoms with E-state index in [1.807, 2.05) is 13.1 Å². The molecule has 4 bridgehead atoms. The fourth-order valence-electron chi connectivity index (χ4n) is 6.51. The van der Waals surface area contributed by atoms with Crippen molar-refractivity contribution in [3.05, 3.63) is 24.0 Å². The summed E-state index contributed by atoms with van der Waals surface area (Å²) >= 11 is 0. The van der Waals surface area contributed by atoms with Gasteiger partial charge < -0.3 is 9.88 Å². The number of fused-ring (bicyclic) bond motifs is 1. The molecule has 7 heteroatoms. The number of carbonyl (C=O) groups excluding carboxylic acids is 1. The number of pyridine rings is 1. The summed E-state index contributed by atoms with van der Waals surface area (Å²) in [6, 6.07) is 2.49. The summed E-state index contributed by atoms with van der Waals surface area (Å²) in [6.07, 6.45) is 10.9. The Morgan fingerprint density at radius 2 is 2.00 bits per heavy atom. The maximum Gasteiger partial charge on any atom is 0.223 e. The molecule has 4 aliphatic rings. The molecule has 2 saturated heterocycles. The van der Waals surface area contributed by atoms with Crippen LogP contribution in [0.1, 0.15) is 63.9 Å². The Kier molecular flexibility index (Phi) is 4.15. The molecule has 4 fully saturated rings. The molecule has 6 nitrogen and oxygen atoms in total. The number of hydrogen-bond donors (Lipinski definition) is 1. The van der Waals surface area contributed by atoms with Gasteiger partial charge >= 0.3 is 0 Å². The summed E-state index contributed by atoms with van der Waals surface area (Å²) in [5.41, 5.74) is 2.06. The quantitative estimate of drug-likeness (QED) is 0.826. The minimum atomic E-state index is -3.32. The lowest BCUT2D eigenvalue weighted by molar-refractivity contribution is -0.156. The maximum absolute atomic E-state index is 13.3. The number of carbonyl (C=O) groups is 1. The molecule has 2 saturated carbocycles. The molecule has 3 unspecified atom stereocenters. The van der Waals surface area contributed by atoms with Crippen molar-refractivity contribution in [3.63, 3.8) is 0 Å². The number of piperidine rings is 2. The van der Waals surface area contributed by atoms with Crippen molar-refractivity contribution in [3.8, 4) is 0 Å². The van der Waals surface area contributed by atoms with Gasteiger partial charge in [0.2, 0.25) is 5.91 Å². The molecule has 2 aliphatic carbocycles. The molecule has 3 atom stereocenters. The number of aromatic nitrogens is 2. The lowest BCUT2D eigenvalue weighted by atomic mass is 9.56. The molecule has 156 valence electrons. The summed E-state index contributed by atoms with van der Waals surface area (Å²) in [6.45, 7) is 4.45. The summed E-state index contributed by atoms with van der Waals surface area (Å²) in [5.74, 6) is 1.05. The summed E-state index contributed by atoms with van der Waals surface area (Å²) in [5, 5.41) is 0.792. The van der Waals surface area contributed by atoms with Crippen molar-refractivity contribution in [1.82, 2.24) is 14.9 Å². The molecular formula is C22H29N3O3S. The lowest BCUT2D eigenvalue weighted by Gasteiger charge is -2.61. The summed E-state index contributed by atoms with van der Waals surface area (Å²) in [7, 11) is -3.32. The second-order valence-corrected chi connectivity index (χ2v) is 12.1. The van der Waals surface area contributed by atoms with Crippen LogP contribution in [0.25, 0.3) is 11.0 Å². The van der Waals surface area contributed by atoms with Gasteiger partial charge in [0.05, 0.1) is 4.90 Å². The molecule has 2 aromatic rings. The minimum Gasteiger partial charge on any atom is -0.346 e. The van der Waals surface area contributed by atoms with Crippen molar-refractivity contribution >= 4 is 26.8 Å². The van der Waals surface area contributed by atoms with Crippen LogP contribution in [0.15, 0.2) is 23.4 Å². The molecule has 1 amide bonds. The zero-order chi connectivity index (χ0) is 20.6. The molecule has 6 rings (SSSR count). The second kappa shape index (κ2) is 6.30. The topological polar surface area (TPSA) is 83.1 Å². The number of sulfone groups is 1. The van der Waals surface area contributed by atoms with Crippen LogP contribution in [0.3, 0.4) is 0 Å². The first-order valence-corrected chi connectivity index (χ1v) is 12.5. The van der Waals surface area contributed by atoms with Crippen LogP contribution in [-0.4, -0.2) is 47.5 Å². The molecule has 0 spiro atoms. The zero-order valence-electron chi connectivity index (χ0n) is 17.3. The van der Waals surface area contributed by atoms with Crippen molar-refractivity contribution in [2.45, 2.75) is 75.3 Å². The van der Waals surface area contributed by atoms with Crippen molar-refractivity contribution in [1.29, 1.82) is 0 Å². The van der Waals surface area contributed by atoms with E-state index < -0.39 is 9.84 Å². The van der Waals surface area contributed by atoms with E-state index in [-0.39, 0.29) is 16.7 Å². The average molecular weight is 416 g/mol. The maximum atomic E-state index is 13.3. The van der Waals surface area contributed by atoms with Gasteiger partial charge in [0.25, 0.3) is 0 Å². The number of hydrogen-bond acceptors (Lipinski definition) is 4. The summed E-state index contributed by atoms with van der Waals surface area (Å²) < 4.78 is 23.8. The van der Waals surface area contributed by atoms with Crippen LogP contribution < -0.4 is 0 Å². The van der Waals surface area contributed by atoms with Gasteiger partial charge in [-0.05, 0) is 61.0 Å². The molecule has 4 heterocycles. The fourth-order valence-corrected chi connectivity index (χ4v) is 7.08. The Bertz CT molecular complexity index is 1070. The van der Waals surface area contributed by atoms with E-state index in [1.165, 1.54) is 31.7 Å². The van der Waals surface area contributed by atoms with Crippen molar-refractivity contribution in [2.75, 3.05) is 6.26 Å². The number of nitrogens with one attached hydrogen (secondary N) is 1. The Morgan fingerprint density at radius 3 is 2.62 bits per heavy atom. The van der Waals surface area contributed by atoms with E-state index in [1.54, 1.807) is 6.07 Å². The zero-order valence-corrected chi connectivity index (χ0v) is 18.1.